The van der Waals surface area contributed by atoms with Gasteiger partial charge in [-0.15, -0.1) is 0 Å². The second-order valence-electron chi connectivity index (χ2n) is 7.69. The van der Waals surface area contributed by atoms with Gasteiger partial charge in [-0.05, 0) is 51.4 Å². The number of rotatable bonds is 6. The smallest absolute Gasteiger partial charge is 0.307 e. The first-order valence-corrected chi connectivity index (χ1v) is 10.5. The van der Waals surface area contributed by atoms with Gasteiger partial charge < -0.3 is 20.1 Å². The van der Waals surface area contributed by atoms with Crippen molar-refractivity contribution in [3.05, 3.63) is 0 Å². The third-order valence-electron chi connectivity index (χ3n) is 5.16. The molecule has 6 nitrogen and oxygen atoms in total. The molecule has 2 rings (SSSR count). The van der Waals surface area contributed by atoms with Gasteiger partial charge in [-0.25, -0.2) is 0 Å². The Morgan fingerprint density at radius 3 is 1.52 bits per heavy atom. The molecule has 27 heavy (non-hydrogen) atoms. The summed E-state index contributed by atoms with van der Waals surface area (Å²) in [6.45, 7) is 5.83. The summed E-state index contributed by atoms with van der Waals surface area (Å²) in [7, 11) is 0. The summed E-state index contributed by atoms with van der Waals surface area (Å²) in [5, 5.41) is 25.5. The highest BCUT2D eigenvalue weighted by molar-refractivity contribution is 5.70. The topological polar surface area (TPSA) is 104 Å². The number of hydrogen-bond acceptors (Lipinski definition) is 4. The number of aliphatic hydroxyl groups is 1. The summed E-state index contributed by atoms with van der Waals surface area (Å²) in [5.41, 5.74) is 0. The Balaban J connectivity index is 0.000000514. The number of aliphatic hydroxyl groups excluding tert-OH is 1. The number of hydrogen-bond donors (Lipinski definition) is 3. The number of carboxylic acids is 2. The molecule has 0 aromatic carbocycles. The van der Waals surface area contributed by atoms with Crippen LogP contribution in [0.2, 0.25) is 0 Å². The summed E-state index contributed by atoms with van der Waals surface area (Å²) >= 11 is 0. The second-order valence-corrected chi connectivity index (χ2v) is 7.69. The maximum atomic E-state index is 11.5. The van der Waals surface area contributed by atoms with Crippen molar-refractivity contribution in [1.82, 2.24) is 0 Å². The Labute approximate surface area is 164 Å². The minimum Gasteiger partial charge on any atom is -0.481 e. The van der Waals surface area contributed by atoms with Crippen LogP contribution >= 0.6 is 0 Å². The van der Waals surface area contributed by atoms with Crippen molar-refractivity contribution in [3.8, 4) is 0 Å². The fraction of sp³-hybridized carbons (Fsp3) is 0.905. The van der Waals surface area contributed by atoms with Gasteiger partial charge in [-0.3, -0.25) is 9.59 Å². The van der Waals surface area contributed by atoms with Crippen LogP contribution in [-0.2, 0) is 14.3 Å². The third-order valence-corrected chi connectivity index (χ3v) is 5.16. The molecule has 0 saturated heterocycles. The predicted octanol–water partition coefficient (Wildman–Crippen LogP) is 4.34. The van der Waals surface area contributed by atoms with E-state index < -0.39 is 11.9 Å². The van der Waals surface area contributed by atoms with E-state index in [2.05, 4.69) is 0 Å². The lowest BCUT2D eigenvalue weighted by Gasteiger charge is -2.35. The molecule has 0 aliphatic heterocycles. The maximum absolute atomic E-state index is 11.5. The molecule has 2 aliphatic carbocycles. The first kappa shape index (κ1) is 25.9. The first-order valence-electron chi connectivity index (χ1n) is 10.5. The molecule has 0 aromatic rings. The Hall–Kier alpha value is -1.14. The van der Waals surface area contributed by atoms with Crippen molar-refractivity contribution in [2.24, 2.45) is 17.8 Å². The second kappa shape index (κ2) is 15.9. The molecule has 1 atom stereocenters. The van der Waals surface area contributed by atoms with E-state index in [0.717, 1.165) is 32.6 Å². The molecule has 6 heteroatoms. The van der Waals surface area contributed by atoms with Crippen LogP contribution in [0, 0.1) is 17.8 Å². The number of carbonyl (C=O) groups is 2. The van der Waals surface area contributed by atoms with E-state index in [4.69, 9.17) is 19.7 Å². The highest BCUT2D eigenvalue weighted by Crippen LogP contribution is 2.39. The number of aliphatic carboxylic acids is 2. The minimum atomic E-state index is -0.833. The van der Waals surface area contributed by atoms with Crippen LogP contribution < -0.4 is 0 Å². The molecule has 2 saturated carbocycles. The molecule has 0 bridgehead atoms. The van der Waals surface area contributed by atoms with Crippen LogP contribution in [0.3, 0.4) is 0 Å². The quantitative estimate of drug-likeness (QED) is 0.625. The highest BCUT2D eigenvalue weighted by atomic mass is 16.5. The molecule has 160 valence electrons. The lowest BCUT2D eigenvalue weighted by molar-refractivity contribution is -0.147. The fourth-order valence-corrected chi connectivity index (χ4v) is 4.06. The lowest BCUT2D eigenvalue weighted by Crippen LogP contribution is -2.33. The third kappa shape index (κ3) is 13.6. The monoisotopic (exact) mass is 388 g/mol. The summed E-state index contributed by atoms with van der Waals surface area (Å²) < 4.78 is 4.84. The van der Waals surface area contributed by atoms with Crippen LogP contribution in [0.15, 0.2) is 0 Å². The van der Waals surface area contributed by atoms with Crippen LogP contribution in [0.1, 0.15) is 85.0 Å². The van der Waals surface area contributed by atoms with Gasteiger partial charge in [0.15, 0.2) is 0 Å². The van der Waals surface area contributed by atoms with Gasteiger partial charge in [-0.1, -0.05) is 38.5 Å². The molecule has 0 aromatic heterocycles. The van der Waals surface area contributed by atoms with E-state index in [0.29, 0.717) is 25.0 Å². The van der Waals surface area contributed by atoms with Gasteiger partial charge in [0.1, 0.15) is 0 Å². The molecule has 1 unspecified atom stereocenters. The van der Waals surface area contributed by atoms with Gasteiger partial charge in [-0.2, -0.15) is 0 Å². The first-order chi connectivity index (χ1) is 12.8. The molecule has 0 spiro atoms. The van der Waals surface area contributed by atoms with Gasteiger partial charge in [0.2, 0.25) is 0 Å². The number of carboxylic acid groups (broad SMARTS) is 2. The van der Waals surface area contributed by atoms with Gasteiger partial charge in [0, 0.05) is 13.5 Å². The standard InChI is InChI=1S/C14H24O2.C5H12O2.C2H4O2/c15-14(16)13(11-7-3-1-4-8-11)12-9-5-2-6-10-12;1-3-7-4-5(2)6;1-2(3)4/h11-13H,1-10H2,(H,15,16);5-6H,3-4H2,1-2H3;1H3,(H,3,4). The largest absolute Gasteiger partial charge is 0.481 e. The molecule has 2 aliphatic rings. The van der Waals surface area contributed by atoms with Gasteiger partial charge >= 0.3 is 5.97 Å². The van der Waals surface area contributed by atoms with Crippen molar-refractivity contribution >= 4 is 11.9 Å². The highest BCUT2D eigenvalue weighted by Gasteiger charge is 2.36. The van der Waals surface area contributed by atoms with E-state index in [1.165, 1.54) is 38.5 Å². The predicted molar refractivity (Wildman–Crippen MR) is 106 cm³/mol. The van der Waals surface area contributed by atoms with E-state index in [1.54, 1.807) is 6.92 Å². The van der Waals surface area contributed by atoms with Crippen LogP contribution in [0.4, 0.5) is 0 Å². The van der Waals surface area contributed by atoms with E-state index in [-0.39, 0.29) is 12.0 Å². The summed E-state index contributed by atoms with van der Waals surface area (Å²) in [6, 6.07) is 0. The minimum absolute atomic E-state index is 0.0272. The molecule has 3 N–H and O–H groups in total. The van der Waals surface area contributed by atoms with Gasteiger partial charge in [0.05, 0.1) is 18.6 Å². The molecule has 0 radical (unpaired) electrons. The van der Waals surface area contributed by atoms with E-state index >= 15 is 0 Å². The van der Waals surface area contributed by atoms with Crippen LogP contribution in [0.5, 0.6) is 0 Å². The Bertz CT molecular complexity index is 362. The Morgan fingerprint density at radius 2 is 1.30 bits per heavy atom. The zero-order valence-corrected chi connectivity index (χ0v) is 17.4. The summed E-state index contributed by atoms with van der Waals surface area (Å²) in [6.07, 6.45) is 12.0. The van der Waals surface area contributed by atoms with Crippen molar-refractivity contribution in [1.29, 1.82) is 0 Å². The lowest BCUT2D eigenvalue weighted by atomic mass is 9.70. The van der Waals surface area contributed by atoms with E-state index in [1.807, 2.05) is 6.92 Å². The molecule has 0 heterocycles. The fourth-order valence-electron chi connectivity index (χ4n) is 4.06. The van der Waals surface area contributed by atoms with Crippen molar-refractivity contribution < 1.29 is 29.6 Å². The zero-order valence-electron chi connectivity index (χ0n) is 17.4. The Morgan fingerprint density at radius 1 is 0.926 bits per heavy atom. The molecule has 2 fully saturated rings. The van der Waals surface area contributed by atoms with E-state index in [9.17, 15) is 9.90 Å². The summed E-state index contributed by atoms with van der Waals surface area (Å²) in [5.74, 6) is -0.414. The van der Waals surface area contributed by atoms with Crippen LogP contribution in [-0.4, -0.2) is 46.6 Å². The molecular formula is C21H40O6. The van der Waals surface area contributed by atoms with Crippen molar-refractivity contribution in [2.45, 2.75) is 91.1 Å². The molecule has 0 amide bonds. The van der Waals surface area contributed by atoms with Gasteiger partial charge in [0.25, 0.3) is 5.97 Å². The average Bonchev–Trinajstić information content (AvgIpc) is 2.62. The maximum Gasteiger partial charge on any atom is 0.307 e. The van der Waals surface area contributed by atoms with Crippen LogP contribution in [0.25, 0.3) is 0 Å². The normalized spacial score (nSPS) is 19.3. The SMILES string of the molecule is CC(=O)O.CCOCC(C)O.O=C(O)C(C1CCCCC1)C1CCCCC1. The van der Waals surface area contributed by atoms with Crippen molar-refractivity contribution in [3.63, 3.8) is 0 Å². The summed E-state index contributed by atoms with van der Waals surface area (Å²) in [4.78, 5) is 20.5. The molecular weight excluding hydrogens is 348 g/mol. The number of ether oxygens (including phenoxy) is 1. The average molecular weight is 389 g/mol. The van der Waals surface area contributed by atoms with Crippen molar-refractivity contribution in [2.75, 3.05) is 13.2 Å². The Kier molecular flexibility index (Phi) is 15.2. The zero-order chi connectivity index (χ0) is 20.7.